The highest BCUT2D eigenvalue weighted by atomic mass is 127. The van der Waals surface area contributed by atoms with Crippen molar-refractivity contribution >= 4 is 47.0 Å². The number of aromatic nitrogens is 1. The van der Waals surface area contributed by atoms with Gasteiger partial charge in [0.05, 0.1) is 17.2 Å². The molecular formula is C19H30IN5S. The standard InChI is InChI=1S/C19H29N5S.HI/c1-6-20-19(21-11-10-18-23-14(2)15(3)25-18)22-13-16-8-7-9-17(12-16)24(4)5;/h7-9,12H,6,10-11,13H2,1-5H3,(H2,20,21,22);1H. The van der Waals surface area contributed by atoms with Gasteiger partial charge in [-0.1, -0.05) is 12.1 Å². The molecule has 0 saturated heterocycles. The molecule has 7 heteroatoms. The van der Waals surface area contributed by atoms with Gasteiger partial charge in [0.2, 0.25) is 0 Å². The van der Waals surface area contributed by atoms with Crippen molar-refractivity contribution in [3.63, 3.8) is 0 Å². The lowest BCUT2D eigenvalue weighted by molar-refractivity contribution is 0.795. The number of aryl methyl sites for hydroxylation is 2. The summed E-state index contributed by atoms with van der Waals surface area (Å²) >= 11 is 1.78. The molecule has 2 N–H and O–H groups in total. The lowest BCUT2D eigenvalue weighted by atomic mass is 10.2. The summed E-state index contributed by atoms with van der Waals surface area (Å²) in [6.07, 6.45) is 0.917. The zero-order chi connectivity index (χ0) is 18.2. The Hall–Kier alpha value is -1.35. The first kappa shape index (κ1) is 22.7. The highest BCUT2D eigenvalue weighted by molar-refractivity contribution is 14.0. The van der Waals surface area contributed by atoms with E-state index in [4.69, 9.17) is 4.99 Å². The molecule has 0 bridgehead atoms. The SMILES string of the molecule is CCNC(=NCc1cccc(N(C)C)c1)NCCc1nc(C)c(C)s1.I. The van der Waals surface area contributed by atoms with E-state index in [1.165, 1.54) is 21.1 Å². The van der Waals surface area contributed by atoms with Crippen LogP contribution in [-0.2, 0) is 13.0 Å². The van der Waals surface area contributed by atoms with Crippen LogP contribution in [0.1, 0.15) is 28.1 Å². The number of thiazole rings is 1. The summed E-state index contributed by atoms with van der Waals surface area (Å²) in [5.41, 5.74) is 3.54. The molecule has 26 heavy (non-hydrogen) atoms. The number of aliphatic imine (C=N–C) groups is 1. The van der Waals surface area contributed by atoms with E-state index in [2.05, 4.69) is 79.6 Å². The first-order chi connectivity index (χ1) is 12.0. The number of nitrogens with one attached hydrogen (secondary N) is 2. The van der Waals surface area contributed by atoms with E-state index in [0.717, 1.165) is 31.2 Å². The second-order valence-electron chi connectivity index (χ2n) is 6.19. The van der Waals surface area contributed by atoms with Gasteiger partial charge in [-0.15, -0.1) is 35.3 Å². The molecule has 0 aliphatic rings. The summed E-state index contributed by atoms with van der Waals surface area (Å²) in [6.45, 7) is 8.60. The van der Waals surface area contributed by atoms with E-state index >= 15 is 0 Å². The zero-order valence-corrected chi connectivity index (χ0v) is 19.4. The summed E-state index contributed by atoms with van der Waals surface area (Å²) in [5.74, 6) is 0.850. The molecule has 0 atom stereocenters. The first-order valence-corrected chi connectivity index (χ1v) is 9.52. The Morgan fingerprint density at radius 1 is 1.23 bits per heavy atom. The fourth-order valence-electron chi connectivity index (χ4n) is 2.38. The molecule has 0 amide bonds. The summed E-state index contributed by atoms with van der Waals surface area (Å²) in [6, 6.07) is 8.47. The topological polar surface area (TPSA) is 52.6 Å². The predicted molar refractivity (Wildman–Crippen MR) is 124 cm³/mol. The van der Waals surface area contributed by atoms with Crippen molar-refractivity contribution in [3.05, 3.63) is 45.4 Å². The molecule has 1 aromatic carbocycles. The van der Waals surface area contributed by atoms with E-state index < -0.39 is 0 Å². The first-order valence-electron chi connectivity index (χ1n) is 8.71. The number of nitrogens with zero attached hydrogens (tertiary/aromatic N) is 3. The van der Waals surface area contributed by atoms with Gasteiger partial charge in [0.25, 0.3) is 0 Å². The van der Waals surface area contributed by atoms with Crippen LogP contribution < -0.4 is 15.5 Å². The lowest BCUT2D eigenvalue weighted by Gasteiger charge is -2.14. The number of hydrogen-bond donors (Lipinski definition) is 2. The average molecular weight is 487 g/mol. The Kier molecular flexibility index (Phi) is 9.93. The molecule has 2 aromatic rings. The van der Waals surface area contributed by atoms with Gasteiger partial charge in [0.1, 0.15) is 0 Å². The van der Waals surface area contributed by atoms with Gasteiger partial charge >= 0.3 is 0 Å². The molecule has 0 aliphatic heterocycles. The molecule has 0 saturated carbocycles. The van der Waals surface area contributed by atoms with Crippen molar-refractivity contribution in [2.24, 2.45) is 4.99 Å². The number of hydrogen-bond acceptors (Lipinski definition) is 4. The number of anilines is 1. The molecule has 144 valence electrons. The minimum Gasteiger partial charge on any atom is -0.378 e. The second kappa shape index (κ2) is 11.4. The highest BCUT2D eigenvalue weighted by Gasteiger charge is 2.04. The number of halogens is 1. The van der Waals surface area contributed by atoms with Crippen molar-refractivity contribution < 1.29 is 0 Å². The maximum atomic E-state index is 4.70. The number of benzene rings is 1. The average Bonchev–Trinajstić information content (AvgIpc) is 2.91. The minimum absolute atomic E-state index is 0. The van der Waals surface area contributed by atoms with Crippen LogP contribution in [0.4, 0.5) is 5.69 Å². The maximum Gasteiger partial charge on any atom is 0.191 e. The van der Waals surface area contributed by atoms with Gasteiger partial charge < -0.3 is 15.5 Å². The molecule has 0 spiro atoms. The van der Waals surface area contributed by atoms with E-state index in [1.54, 1.807) is 11.3 Å². The Bertz CT molecular complexity index is 692. The van der Waals surface area contributed by atoms with E-state index in [0.29, 0.717) is 6.54 Å². The van der Waals surface area contributed by atoms with Crippen molar-refractivity contribution in [2.75, 3.05) is 32.1 Å². The van der Waals surface area contributed by atoms with Crippen LogP contribution in [0.3, 0.4) is 0 Å². The van der Waals surface area contributed by atoms with Crippen molar-refractivity contribution in [1.82, 2.24) is 15.6 Å². The van der Waals surface area contributed by atoms with Gasteiger partial charge in [-0.3, -0.25) is 0 Å². The van der Waals surface area contributed by atoms with Gasteiger partial charge in [-0.25, -0.2) is 9.98 Å². The minimum atomic E-state index is 0. The predicted octanol–water partition coefficient (Wildman–Crippen LogP) is 3.74. The summed E-state index contributed by atoms with van der Waals surface area (Å²) in [7, 11) is 4.10. The second-order valence-corrected chi connectivity index (χ2v) is 7.47. The molecule has 0 unspecified atom stereocenters. The van der Waals surface area contributed by atoms with Gasteiger partial charge in [0.15, 0.2) is 5.96 Å². The molecule has 5 nitrogen and oxygen atoms in total. The van der Waals surface area contributed by atoms with Crippen LogP contribution in [-0.4, -0.2) is 38.1 Å². The Balaban J connectivity index is 0.00000338. The fourth-order valence-corrected chi connectivity index (χ4v) is 3.31. The van der Waals surface area contributed by atoms with Crippen LogP contribution >= 0.6 is 35.3 Å². The summed E-state index contributed by atoms with van der Waals surface area (Å²) < 4.78 is 0. The van der Waals surface area contributed by atoms with Crippen LogP contribution in [0.5, 0.6) is 0 Å². The number of guanidine groups is 1. The third-order valence-corrected chi connectivity index (χ3v) is 5.03. The highest BCUT2D eigenvalue weighted by Crippen LogP contribution is 2.16. The zero-order valence-electron chi connectivity index (χ0n) is 16.3. The van der Waals surface area contributed by atoms with E-state index in [-0.39, 0.29) is 24.0 Å². The van der Waals surface area contributed by atoms with Gasteiger partial charge in [-0.2, -0.15) is 0 Å². The van der Waals surface area contributed by atoms with Gasteiger partial charge in [-0.05, 0) is 38.5 Å². The Labute approximate surface area is 178 Å². The molecule has 0 aliphatic carbocycles. The van der Waals surface area contributed by atoms with Crippen LogP contribution in [0.2, 0.25) is 0 Å². The van der Waals surface area contributed by atoms with Crippen LogP contribution in [0.15, 0.2) is 29.3 Å². The largest absolute Gasteiger partial charge is 0.378 e. The molecule has 0 fully saturated rings. The third-order valence-electron chi connectivity index (χ3n) is 3.90. The Morgan fingerprint density at radius 2 is 2.00 bits per heavy atom. The lowest BCUT2D eigenvalue weighted by Crippen LogP contribution is -2.38. The maximum absolute atomic E-state index is 4.70. The smallest absolute Gasteiger partial charge is 0.191 e. The summed E-state index contributed by atoms with van der Waals surface area (Å²) in [4.78, 5) is 12.7. The monoisotopic (exact) mass is 487 g/mol. The van der Waals surface area contributed by atoms with E-state index in [1.807, 2.05) is 0 Å². The van der Waals surface area contributed by atoms with Crippen molar-refractivity contribution in [2.45, 2.75) is 33.7 Å². The summed E-state index contributed by atoms with van der Waals surface area (Å²) in [5, 5.41) is 7.88. The van der Waals surface area contributed by atoms with Gasteiger partial charge in [0, 0.05) is 44.2 Å². The van der Waals surface area contributed by atoms with Crippen LogP contribution in [0, 0.1) is 13.8 Å². The van der Waals surface area contributed by atoms with Crippen molar-refractivity contribution in [3.8, 4) is 0 Å². The quantitative estimate of drug-likeness (QED) is 0.355. The Morgan fingerprint density at radius 3 is 2.62 bits per heavy atom. The molecular weight excluding hydrogens is 457 g/mol. The van der Waals surface area contributed by atoms with Crippen molar-refractivity contribution in [1.29, 1.82) is 0 Å². The molecule has 0 radical (unpaired) electrons. The van der Waals surface area contributed by atoms with Crippen LogP contribution in [0.25, 0.3) is 0 Å². The fraction of sp³-hybridized carbons (Fsp3) is 0.474. The third kappa shape index (κ3) is 7.11. The van der Waals surface area contributed by atoms with E-state index in [9.17, 15) is 0 Å². The molecule has 2 rings (SSSR count). The number of rotatable bonds is 7. The molecule has 1 aromatic heterocycles. The normalized spacial score (nSPS) is 11.0. The molecule has 1 heterocycles.